The van der Waals surface area contributed by atoms with E-state index in [1.165, 1.54) is 4.90 Å². The van der Waals surface area contributed by atoms with E-state index < -0.39 is 12.1 Å². The number of carbonyl (C=O) groups excluding carboxylic acids is 3. The zero-order chi connectivity index (χ0) is 16.4. The van der Waals surface area contributed by atoms with Crippen LogP contribution in [0.2, 0.25) is 0 Å². The van der Waals surface area contributed by atoms with Crippen molar-refractivity contribution in [2.45, 2.75) is 12.1 Å². The highest BCUT2D eigenvalue weighted by Crippen LogP contribution is 2.24. The van der Waals surface area contributed by atoms with Gasteiger partial charge < -0.3 is 19.9 Å². The van der Waals surface area contributed by atoms with Gasteiger partial charge in [0.15, 0.2) is 6.10 Å². The normalized spacial score (nSPS) is 25.3. The van der Waals surface area contributed by atoms with E-state index >= 15 is 0 Å². The average Bonchev–Trinajstić information content (AvgIpc) is 2.57. The molecule has 2 heterocycles. The molecule has 1 N–H and O–H groups in total. The van der Waals surface area contributed by atoms with Crippen molar-refractivity contribution in [3.8, 4) is 0 Å². The summed E-state index contributed by atoms with van der Waals surface area (Å²) in [6.07, 6.45) is -0.814. The van der Waals surface area contributed by atoms with Crippen molar-refractivity contribution in [3.05, 3.63) is 35.9 Å². The van der Waals surface area contributed by atoms with Crippen LogP contribution in [0, 0.1) is 0 Å². The first-order valence-corrected chi connectivity index (χ1v) is 7.55. The summed E-state index contributed by atoms with van der Waals surface area (Å²) in [5.41, 5.74) is 0.805. The van der Waals surface area contributed by atoms with Gasteiger partial charge in [0.05, 0.1) is 12.6 Å². The Morgan fingerprint density at radius 2 is 1.96 bits per heavy atom. The Kier molecular flexibility index (Phi) is 4.29. The molecule has 2 aliphatic heterocycles. The quantitative estimate of drug-likeness (QED) is 0.801. The van der Waals surface area contributed by atoms with Crippen molar-refractivity contribution < 1.29 is 19.1 Å². The van der Waals surface area contributed by atoms with E-state index in [1.807, 2.05) is 30.3 Å². The SMILES string of the molecule is CN1CCN(C(=O)[C@H]2OCC(=O)N[C@@H]2c2ccccc2)CC1=O. The Balaban J connectivity index is 1.80. The standard InChI is InChI=1S/C16H19N3O4/c1-18-7-8-19(9-13(18)21)16(22)15-14(17-12(20)10-23-15)11-5-3-2-4-6-11/h2-6,14-15H,7-10H2,1H3,(H,17,20)/t14-,15+/m1/s1. The lowest BCUT2D eigenvalue weighted by Gasteiger charge is -2.38. The van der Waals surface area contributed by atoms with Gasteiger partial charge in [0.1, 0.15) is 6.61 Å². The fraction of sp³-hybridized carbons (Fsp3) is 0.438. The van der Waals surface area contributed by atoms with Crippen LogP contribution < -0.4 is 5.32 Å². The number of morpholine rings is 1. The summed E-state index contributed by atoms with van der Waals surface area (Å²) in [6, 6.07) is 8.70. The molecule has 0 aliphatic carbocycles. The summed E-state index contributed by atoms with van der Waals surface area (Å²) in [6.45, 7) is 0.863. The first-order chi connectivity index (χ1) is 11.1. The van der Waals surface area contributed by atoms with Crippen molar-refractivity contribution in [1.82, 2.24) is 15.1 Å². The van der Waals surface area contributed by atoms with Crippen LogP contribution in [0.4, 0.5) is 0 Å². The third-order valence-corrected chi connectivity index (χ3v) is 4.18. The molecule has 2 aliphatic rings. The van der Waals surface area contributed by atoms with Gasteiger partial charge in [0.25, 0.3) is 5.91 Å². The lowest BCUT2D eigenvalue weighted by molar-refractivity contribution is -0.159. The molecule has 7 heteroatoms. The number of rotatable bonds is 2. The van der Waals surface area contributed by atoms with Crippen LogP contribution in [0.5, 0.6) is 0 Å². The lowest BCUT2D eigenvalue weighted by Crippen LogP contribution is -2.58. The number of hydrogen-bond donors (Lipinski definition) is 1. The van der Waals surface area contributed by atoms with Crippen LogP contribution in [0.3, 0.4) is 0 Å². The van der Waals surface area contributed by atoms with Gasteiger partial charge in [0.2, 0.25) is 11.8 Å². The number of carbonyl (C=O) groups is 3. The fourth-order valence-electron chi connectivity index (χ4n) is 2.81. The summed E-state index contributed by atoms with van der Waals surface area (Å²) >= 11 is 0. The van der Waals surface area contributed by atoms with Crippen LogP contribution in [0.15, 0.2) is 30.3 Å². The number of amides is 3. The molecule has 0 bridgehead atoms. The maximum Gasteiger partial charge on any atom is 0.254 e. The van der Waals surface area contributed by atoms with E-state index in [4.69, 9.17) is 4.74 Å². The lowest BCUT2D eigenvalue weighted by atomic mass is 9.98. The monoisotopic (exact) mass is 317 g/mol. The average molecular weight is 317 g/mol. The van der Waals surface area contributed by atoms with E-state index in [-0.39, 0.29) is 30.9 Å². The molecular formula is C16H19N3O4. The van der Waals surface area contributed by atoms with Gasteiger partial charge in [-0.25, -0.2) is 0 Å². The Bertz CT molecular complexity index is 619. The highest BCUT2D eigenvalue weighted by atomic mass is 16.5. The second-order valence-electron chi connectivity index (χ2n) is 5.76. The minimum atomic E-state index is -0.814. The smallest absolute Gasteiger partial charge is 0.254 e. The molecule has 0 saturated carbocycles. The number of ether oxygens (including phenoxy) is 1. The Morgan fingerprint density at radius 3 is 2.65 bits per heavy atom. The van der Waals surface area contributed by atoms with Gasteiger partial charge >= 0.3 is 0 Å². The molecule has 0 unspecified atom stereocenters. The van der Waals surface area contributed by atoms with Crippen molar-refractivity contribution >= 4 is 17.7 Å². The van der Waals surface area contributed by atoms with Crippen molar-refractivity contribution in [2.24, 2.45) is 0 Å². The number of benzene rings is 1. The van der Waals surface area contributed by atoms with Crippen molar-refractivity contribution in [2.75, 3.05) is 33.3 Å². The Morgan fingerprint density at radius 1 is 1.22 bits per heavy atom. The summed E-state index contributed by atoms with van der Waals surface area (Å²) < 4.78 is 5.51. The molecule has 3 rings (SSSR count). The van der Waals surface area contributed by atoms with E-state index in [0.29, 0.717) is 13.1 Å². The van der Waals surface area contributed by atoms with Gasteiger partial charge in [-0.05, 0) is 5.56 Å². The highest BCUT2D eigenvalue weighted by Gasteiger charge is 2.39. The minimum Gasteiger partial charge on any atom is -0.356 e. The number of nitrogens with one attached hydrogen (secondary N) is 1. The third-order valence-electron chi connectivity index (χ3n) is 4.18. The number of piperazine rings is 1. The van der Waals surface area contributed by atoms with Crippen LogP contribution in [0.1, 0.15) is 11.6 Å². The molecule has 1 aromatic carbocycles. The highest BCUT2D eigenvalue weighted by molar-refractivity contribution is 5.90. The molecule has 2 atom stereocenters. The Hall–Kier alpha value is -2.41. The molecule has 122 valence electrons. The molecule has 0 spiro atoms. The molecule has 1 aromatic rings. The zero-order valence-corrected chi connectivity index (χ0v) is 12.9. The summed E-state index contributed by atoms with van der Waals surface area (Å²) in [7, 11) is 1.72. The van der Waals surface area contributed by atoms with Crippen molar-refractivity contribution in [1.29, 1.82) is 0 Å². The van der Waals surface area contributed by atoms with Gasteiger partial charge in [0, 0.05) is 20.1 Å². The van der Waals surface area contributed by atoms with Crippen LogP contribution in [-0.2, 0) is 19.1 Å². The minimum absolute atomic E-state index is 0.0463. The predicted molar refractivity (Wildman–Crippen MR) is 81.3 cm³/mol. The van der Waals surface area contributed by atoms with Gasteiger partial charge in [-0.15, -0.1) is 0 Å². The predicted octanol–water partition coefficient (Wildman–Crippen LogP) is -0.457. The molecule has 0 radical (unpaired) electrons. The van der Waals surface area contributed by atoms with Crippen LogP contribution in [0.25, 0.3) is 0 Å². The summed E-state index contributed by atoms with van der Waals surface area (Å²) in [5, 5.41) is 2.82. The number of likely N-dealkylation sites (N-methyl/N-ethyl adjacent to an activating group) is 1. The second-order valence-corrected chi connectivity index (χ2v) is 5.76. The fourth-order valence-corrected chi connectivity index (χ4v) is 2.81. The van der Waals surface area contributed by atoms with Gasteiger partial charge in [-0.1, -0.05) is 30.3 Å². The van der Waals surface area contributed by atoms with Gasteiger partial charge in [-0.3, -0.25) is 14.4 Å². The topological polar surface area (TPSA) is 79.0 Å². The van der Waals surface area contributed by atoms with E-state index in [0.717, 1.165) is 5.56 Å². The van der Waals surface area contributed by atoms with Crippen LogP contribution >= 0.6 is 0 Å². The molecule has 3 amide bonds. The molecule has 23 heavy (non-hydrogen) atoms. The third kappa shape index (κ3) is 3.19. The summed E-state index contributed by atoms with van der Waals surface area (Å²) in [4.78, 5) is 39.4. The van der Waals surface area contributed by atoms with E-state index in [9.17, 15) is 14.4 Å². The van der Waals surface area contributed by atoms with E-state index in [1.54, 1.807) is 11.9 Å². The molecule has 0 aromatic heterocycles. The molecular weight excluding hydrogens is 298 g/mol. The summed E-state index contributed by atoms with van der Waals surface area (Å²) in [5.74, 6) is -0.613. The molecule has 2 saturated heterocycles. The first-order valence-electron chi connectivity index (χ1n) is 7.55. The van der Waals surface area contributed by atoms with Gasteiger partial charge in [-0.2, -0.15) is 0 Å². The van der Waals surface area contributed by atoms with Crippen molar-refractivity contribution in [3.63, 3.8) is 0 Å². The molecule has 2 fully saturated rings. The second kappa shape index (κ2) is 6.37. The first kappa shape index (κ1) is 15.5. The maximum absolute atomic E-state index is 12.8. The largest absolute Gasteiger partial charge is 0.356 e. The van der Waals surface area contributed by atoms with E-state index in [2.05, 4.69) is 5.32 Å². The number of hydrogen-bond acceptors (Lipinski definition) is 4. The van der Waals surface area contributed by atoms with Crippen LogP contribution in [-0.4, -0.2) is 66.9 Å². The molecule has 7 nitrogen and oxygen atoms in total. The number of nitrogens with zero attached hydrogens (tertiary/aromatic N) is 2. The zero-order valence-electron chi connectivity index (χ0n) is 12.9. The maximum atomic E-state index is 12.8. The Labute approximate surface area is 134 Å².